The molecule has 0 radical (unpaired) electrons. The van der Waals surface area contributed by atoms with Crippen molar-refractivity contribution in [1.82, 2.24) is 4.98 Å². The standard InChI is InChI=1S/C7H6F3NO2/c8-5-3(2-12)6(7(9)10)11-1-4(5)13/h1,7,12-13H,2H2. The number of halogens is 3. The molecule has 2 N–H and O–H groups in total. The van der Waals surface area contributed by atoms with Gasteiger partial charge in [0.2, 0.25) is 0 Å². The van der Waals surface area contributed by atoms with E-state index in [4.69, 9.17) is 10.2 Å². The van der Waals surface area contributed by atoms with Crippen molar-refractivity contribution >= 4 is 0 Å². The van der Waals surface area contributed by atoms with Gasteiger partial charge in [-0.25, -0.2) is 13.2 Å². The molecule has 0 saturated heterocycles. The van der Waals surface area contributed by atoms with Gasteiger partial charge in [-0.15, -0.1) is 0 Å². The first-order valence-corrected chi connectivity index (χ1v) is 3.33. The molecule has 0 aromatic carbocycles. The molecule has 13 heavy (non-hydrogen) atoms. The Morgan fingerprint density at radius 3 is 2.54 bits per heavy atom. The fourth-order valence-electron chi connectivity index (χ4n) is 0.871. The number of nitrogens with zero attached hydrogens (tertiary/aromatic N) is 1. The van der Waals surface area contributed by atoms with Crippen LogP contribution in [0.2, 0.25) is 0 Å². The minimum absolute atomic E-state index is 0.579. The first-order chi connectivity index (χ1) is 6.07. The highest BCUT2D eigenvalue weighted by molar-refractivity contribution is 5.30. The molecule has 1 heterocycles. The molecular weight excluding hydrogens is 187 g/mol. The first-order valence-electron chi connectivity index (χ1n) is 3.33. The number of rotatable bonds is 2. The van der Waals surface area contributed by atoms with E-state index in [1.165, 1.54) is 0 Å². The molecule has 0 fully saturated rings. The molecule has 0 aliphatic carbocycles. The molecule has 0 atom stereocenters. The largest absolute Gasteiger partial charge is 0.504 e. The molecule has 72 valence electrons. The first kappa shape index (κ1) is 9.79. The van der Waals surface area contributed by atoms with Gasteiger partial charge in [0.1, 0.15) is 5.69 Å². The number of aliphatic hydroxyl groups excluding tert-OH is 1. The highest BCUT2D eigenvalue weighted by atomic mass is 19.3. The summed E-state index contributed by atoms with van der Waals surface area (Å²) < 4.78 is 37.0. The average molecular weight is 193 g/mol. The summed E-state index contributed by atoms with van der Waals surface area (Å²) in [6.45, 7) is -0.924. The molecule has 6 heteroatoms. The van der Waals surface area contributed by atoms with Crippen molar-refractivity contribution in [2.45, 2.75) is 13.0 Å². The van der Waals surface area contributed by atoms with Crippen LogP contribution in [0.3, 0.4) is 0 Å². The van der Waals surface area contributed by atoms with Gasteiger partial charge < -0.3 is 10.2 Å². The number of hydrogen-bond acceptors (Lipinski definition) is 3. The van der Waals surface area contributed by atoms with Crippen LogP contribution in [-0.2, 0) is 6.61 Å². The van der Waals surface area contributed by atoms with Crippen LogP contribution in [0, 0.1) is 5.82 Å². The molecular formula is C7H6F3NO2. The Hall–Kier alpha value is -1.30. The van der Waals surface area contributed by atoms with Gasteiger partial charge in [-0.1, -0.05) is 0 Å². The highest BCUT2D eigenvalue weighted by Crippen LogP contribution is 2.26. The molecule has 0 amide bonds. The van der Waals surface area contributed by atoms with E-state index >= 15 is 0 Å². The van der Waals surface area contributed by atoms with E-state index in [0.29, 0.717) is 6.20 Å². The van der Waals surface area contributed by atoms with Gasteiger partial charge in [0.25, 0.3) is 6.43 Å². The van der Waals surface area contributed by atoms with Crippen LogP contribution in [0.4, 0.5) is 13.2 Å². The average Bonchev–Trinajstić information content (AvgIpc) is 2.09. The van der Waals surface area contributed by atoms with Crippen LogP contribution in [0.25, 0.3) is 0 Å². The normalized spacial score (nSPS) is 10.8. The van der Waals surface area contributed by atoms with E-state index in [-0.39, 0.29) is 0 Å². The van der Waals surface area contributed by atoms with Crippen LogP contribution < -0.4 is 0 Å². The van der Waals surface area contributed by atoms with Gasteiger partial charge in [-0.3, -0.25) is 4.98 Å². The number of aromatic hydroxyl groups is 1. The lowest BCUT2D eigenvalue weighted by molar-refractivity contribution is 0.140. The van der Waals surface area contributed by atoms with Crippen LogP contribution in [0.5, 0.6) is 5.75 Å². The van der Waals surface area contributed by atoms with Gasteiger partial charge in [-0.05, 0) is 0 Å². The summed E-state index contributed by atoms with van der Waals surface area (Å²) in [6.07, 6.45) is -2.40. The lowest BCUT2D eigenvalue weighted by Gasteiger charge is -2.06. The topological polar surface area (TPSA) is 53.4 Å². The predicted molar refractivity (Wildman–Crippen MR) is 36.7 cm³/mol. The lowest BCUT2D eigenvalue weighted by atomic mass is 10.2. The molecule has 0 aliphatic heterocycles. The summed E-state index contributed by atoms with van der Waals surface area (Å²) in [5, 5.41) is 17.3. The highest BCUT2D eigenvalue weighted by Gasteiger charge is 2.20. The van der Waals surface area contributed by atoms with E-state index in [0.717, 1.165) is 0 Å². The number of hydrogen-bond donors (Lipinski definition) is 2. The van der Waals surface area contributed by atoms with Crippen LogP contribution >= 0.6 is 0 Å². The van der Waals surface area contributed by atoms with Crippen LogP contribution in [-0.4, -0.2) is 15.2 Å². The third kappa shape index (κ3) is 1.72. The molecule has 0 saturated carbocycles. The molecule has 1 rings (SSSR count). The van der Waals surface area contributed by atoms with E-state index in [9.17, 15) is 13.2 Å². The fraction of sp³-hybridized carbons (Fsp3) is 0.286. The molecule has 0 spiro atoms. The second kappa shape index (κ2) is 3.61. The minimum atomic E-state index is -2.97. The van der Waals surface area contributed by atoms with Crippen molar-refractivity contribution in [2.75, 3.05) is 0 Å². The van der Waals surface area contributed by atoms with E-state index in [1.807, 2.05) is 0 Å². The van der Waals surface area contributed by atoms with Crippen LogP contribution in [0.15, 0.2) is 6.20 Å². The third-order valence-corrected chi connectivity index (χ3v) is 1.49. The van der Waals surface area contributed by atoms with E-state index in [2.05, 4.69) is 4.98 Å². The van der Waals surface area contributed by atoms with Gasteiger partial charge in [0.05, 0.1) is 12.8 Å². The van der Waals surface area contributed by atoms with Gasteiger partial charge >= 0.3 is 0 Å². The second-order valence-electron chi connectivity index (χ2n) is 2.28. The monoisotopic (exact) mass is 193 g/mol. The Kier molecular flexibility index (Phi) is 2.72. The zero-order chi connectivity index (χ0) is 10.0. The Labute approximate surface area is 71.5 Å². The summed E-state index contributed by atoms with van der Waals surface area (Å²) in [6, 6.07) is 0. The minimum Gasteiger partial charge on any atom is -0.504 e. The Morgan fingerprint density at radius 1 is 1.46 bits per heavy atom. The quantitative estimate of drug-likeness (QED) is 0.745. The number of pyridine rings is 1. The smallest absolute Gasteiger partial charge is 0.280 e. The second-order valence-corrected chi connectivity index (χ2v) is 2.28. The van der Waals surface area contributed by atoms with Crippen LogP contribution in [0.1, 0.15) is 17.7 Å². The Morgan fingerprint density at radius 2 is 2.08 bits per heavy atom. The Balaban J connectivity index is 3.30. The SMILES string of the molecule is OCc1c(C(F)F)ncc(O)c1F. The number of aliphatic hydroxyl groups is 1. The maximum absolute atomic E-state index is 12.8. The number of alkyl halides is 2. The lowest BCUT2D eigenvalue weighted by Crippen LogP contribution is -2.02. The van der Waals surface area contributed by atoms with Crippen molar-refractivity contribution < 1.29 is 23.4 Å². The summed E-state index contributed by atoms with van der Waals surface area (Å²) in [5.74, 6) is -2.11. The van der Waals surface area contributed by atoms with E-state index in [1.54, 1.807) is 0 Å². The molecule has 0 aliphatic rings. The summed E-state index contributed by atoms with van der Waals surface area (Å²) >= 11 is 0. The molecule has 1 aromatic heterocycles. The van der Waals surface area contributed by atoms with Crippen molar-refractivity contribution in [3.8, 4) is 5.75 Å². The fourth-order valence-corrected chi connectivity index (χ4v) is 0.871. The molecule has 0 bridgehead atoms. The maximum Gasteiger partial charge on any atom is 0.280 e. The van der Waals surface area contributed by atoms with Crippen molar-refractivity contribution in [2.24, 2.45) is 0 Å². The summed E-state index contributed by atoms with van der Waals surface area (Å²) in [5.41, 5.74) is -1.52. The van der Waals surface area contributed by atoms with Crippen molar-refractivity contribution in [3.63, 3.8) is 0 Å². The molecule has 3 nitrogen and oxygen atoms in total. The zero-order valence-electron chi connectivity index (χ0n) is 6.34. The summed E-state index contributed by atoms with van der Waals surface area (Å²) in [4.78, 5) is 3.11. The van der Waals surface area contributed by atoms with Crippen molar-refractivity contribution in [3.05, 3.63) is 23.3 Å². The zero-order valence-corrected chi connectivity index (χ0v) is 6.34. The van der Waals surface area contributed by atoms with Gasteiger partial charge in [0, 0.05) is 5.56 Å². The Bertz CT molecular complexity index is 317. The molecule has 0 unspecified atom stereocenters. The predicted octanol–water partition coefficient (Wildman–Crippen LogP) is 1.36. The third-order valence-electron chi connectivity index (χ3n) is 1.49. The van der Waals surface area contributed by atoms with Crippen molar-refractivity contribution in [1.29, 1.82) is 0 Å². The van der Waals surface area contributed by atoms with Gasteiger partial charge in [0.15, 0.2) is 11.6 Å². The maximum atomic E-state index is 12.8. The summed E-state index contributed by atoms with van der Waals surface area (Å²) in [7, 11) is 0. The number of aromatic nitrogens is 1. The van der Waals surface area contributed by atoms with E-state index < -0.39 is 35.9 Å². The molecule has 1 aromatic rings. The van der Waals surface area contributed by atoms with Gasteiger partial charge in [-0.2, -0.15) is 0 Å².